The van der Waals surface area contributed by atoms with Crippen LogP contribution >= 0.6 is 11.8 Å². The monoisotopic (exact) mass is 380 g/mol. The number of nitrogens with zero attached hydrogens (tertiary/aromatic N) is 3. The minimum Gasteiger partial charge on any atom is -0.372 e. The van der Waals surface area contributed by atoms with Crippen LogP contribution in [0.3, 0.4) is 0 Å². The summed E-state index contributed by atoms with van der Waals surface area (Å²) in [5.41, 5.74) is 6.94. The van der Waals surface area contributed by atoms with Gasteiger partial charge in [0, 0.05) is 25.2 Å². The smallest absolute Gasteiger partial charge is 0.250 e. The first kappa shape index (κ1) is 19.2. The van der Waals surface area contributed by atoms with Gasteiger partial charge in [0.25, 0.3) is 0 Å². The fourth-order valence-corrected chi connectivity index (χ4v) is 3.69. The zero-order chi connectivity index (χ0) is 19.1. The summed E-state index contributed by atoms with van der Waals surface area (Å²) in [6.45, 7) is 6.24. The fraction of sp³-hybridized carbons (Fsp3) is 0.286. The van der Waals surface area contributed by atoms with Crippen molar-refractivity contribution in [3.63, 3.8) is 0 Å². The van der Waals surface area contributed by atoms with Crippen molar-refractivity contribution in [1.82, 2.24) is 5.43 Å². The number of thioether (sulfide) groups is 1. The number of carbonyl (C=O) groups excluding carboxylic acids is 1. The molecule has 1 heterocycles. The first-order chi connectivity index (χ1) is 13.2. The molecule has 27 heavy (non-hydrogen) atoms. The lowest BCUT2D eigenvalue weighted by Gasteiger charge is -2.20. The topological polar surface area (TPSA) is 57.1 Å². The molecular weight excluding hydrogens is 356 g/mol. The number of hydrogen-bond donors (Lipinski definition) is 1. The van der Waals surface area contributed by atoms with Crippen LogP contribution in [0.2, 0.25) is 0 Å². The van der Waals surface area contributed by atoms with Gasteiger partial charge in [-0.1, -0.05) is 30.3 Å². The molecule has 2 aromatic carbocycles. The molecule has 0 fully saturated rings. The molecule has 1 aliphatic heterocycles. The van der Waals surface area contributed by atoms with E-state index in [0.29, 0.717) is 5.75 Å². The van der Waals surface area contributed by atoms with Crippen LogP contribution in [-0.2, 0) is 11.2 Å². The first-order valence-corrected chi connectivity index (χ1v) is 10.1. The number of benzene rings is 2. The highest BCUT2D eigenvalue weighted by atomic mass is 32.2. The van der Waals surface area contributed by atoms with Crippen LogP contribution in [-0.4, -0.2) is 36.0 Å². The maximum atomic E-state index is 12.0. The number of anilines is 1. The Morgan fingerprint density at radius 1 is 1.19 bits per heavy atom. The largest absolute Gasteiger partial charge is 0.372 e. The van der Waals surface area contributed by atoms with E-state index in [2.05, 4.69) is 52.5 Å². The second-order valence-corrected chi connectivity index (χ2v) is 7.21. The summed E-state index contributed by atoms with van der Waals surface area (Å²) < 4.78 is 0. The van der Waals surface area contributed by atoms with Crippen LogP contribution in [0, 0.1) is 0 Å². The molecule has 6 heteroatoms. The number of carbonyl (C=O) groups is 1. The zero-order valence-electron chi connectivity index (χ0n) is 15.7. The molecule has 0 unspecified atom stereocenters. The van der Waals surface area contributed by atoms with Crippen LogP contribution in [0.15, 0.2) is 58.6 Å². The SMILES string of the molecule is CCN(CC)c1ccc(/C=N/NC(=O)CSC2=Nc3ccccc3C2)cc1. The van der Waals surface area contributed by atoms with Crippen molar-refractivity contribution in [2.75, 3.05) is 23.7 Å². The molecule has 2 aromatic rings. The average molecular weight is 381 g/mol. The van der Waals surface area contributed by atoms with E-state index < -0.39 is 0 Å². The summed E-state index contributed by atoms with van der Waals surface area (Å²) >= 11 is 1.46. The third kappa shape index (κ3) is 5.20. The quantitative estimate of drug-likeness (QED) is 0.583. The van der Waals surface area contributed by atoms with E-state index in [1.54, 1.807) is 6.21 Å². The van der Waals surface area contributed by atoms with Gasteiger partial charge in [0.1, 0.15) is 0 Å². The Bertz CT molecular complexity index is 842. The van der Waals surface area contributed by atoms with Crippen molar-refractivity contribution in [3.8, 4) is 0 Å². The van der Waals surface area contributed by atoms with Crippen LogP contribution in [0.25, 0.3) is 0 Å². The molecule has 5 nitrogen and oxygen atoms in total. The van der Waals surface area contributed by atoms with E-state index in [-0.39, 0.29) is 5.91 Å². The average Bonchev–Trinajstić information content (AvgIpc) is 3.11. The molecule has 0 saturated carbocycles. The summed E-state index contributed by atoms with van der Waals surface area (Å²) in [6.07, 6.45) is 2.47. The number of fused-ring (bicyclic) bond motifs is 1. The Labute approximate surface area is 164 Å². The van der Waals surface area contributed by atoms with Gasteiger partial charge < -0.3 is 4.90 Å². The predicted octanol–water partition coefficient (Wildman–Crippen LogP) is 4.00. The standard InChI is InChI=1S/C21H24N4OS/c1-3-25(4-2)18-11-9-16(10-12-18)14-22-24-20(26)15-27-21-13-17-7-5-6-8-19(17)23-21/h5-12,14H,3-4,13,15H2,1-2H3,(H,24,26)/b22-14+. The van der Waals surface area contributed by atoms with E-state index >= 15 is 0 Å². The summed E-state index contributed by atoms with van der Waals surface area (Å²) in [4.78, 5) is 18.8. The first-order valence-electron chi connectivity index (χ1n) is 9.14. The number of hydrazone groups is 1. The third-order valence-corrected chi connectivity index (χ3v) is 5.35. The predicted molar refractivity (Wildman–Crippen MR) is 115 cm³/mol. The highest BCUT2D eigenvalue weighted by molar-refractivity contribution is 8.14. The van der Waals surface area contributed by atoms with Gasteiger partial charge in [-0.05, 0) is 43.2 Å². The zero-order valence-corrected chi connectivity index (χ0v) is 16.5. The molecular formula is C21H24N4OS. The van der Waals surface area contributed by atoms with Gasteiger partial charge in [-0.3, -0.25) is 4.79 Å². The van der Waals surface area contributed by atoms with Crippen molar-refractivity contribution in [1.29, 1.82) is 0 Å². The van der Waals surface area contributed by atoms with Gasteiger partial charge in [-0.25, -0.2) is 10.4 Å². The van der Waals surface area contributed by atoms with E-state index in [0.717, 1.165) is 35.8 Å². The molecule has 0 spiro atoms. The van der Waals surface area contributed by atoms with Gasteiger partial charge in [-0.15, -0.1) is 11.8 Å². The van der Waals surface area contributed by atoms with Gasteiger partial charge in [0.05, 0.1) is 22.7 Å². The van der Waals surface area contributed by atoms with E-state index in [9.17, 15) is 4.79 Å². The minimum atomic E-state index is -0.130. The Hall–Kier alpha value is -2.60. The third-order valence-electron chi connectivity index (χ3n) is 4.37. The fourth-order valence-electron chi connectivity index (χ4n) is 2.91. The summed E-state index contributed by atoms with van der Waals surface area (Å²) in [5, 5.41) is 5.02. The van der Waals surface area contributed by atoms with Crippen molar-refractivity contribution >= 4 is 40.3 Å². The maximum Gasteiger partial charge on any atom is 0.250 e. The number of aliphatic imine (C=N–C) groups is 1. The molecule has 0 atom stereocenters. The van der Waals surface area contributed by atoms with E-state index in [4.69, 9.17) is 0 Å². The lowest BCUT2D eigenvalue weighted by molar-refractivity contribution is -0.118. The van der Waals surface area contributed by atoms with Gasteiger partial charge in [-0.2, -0.15) is 5.10 Å². The molecule has 3 rings (SSSR count). The summed E-state index contributed by atoms with van der Waals surface area (Å²) in [5.74, 6) is 0.181. The van der Waals surface area contributed by atoms with Gasteiger partial charge in [0.15, 0.2) is 0 Å². The molecule has 140 valence electrons. The molecule has 0 radical (unpaired) electrons. The number of para-hydroxylation sites is 1. The Kier molecular flexibility index (Phi) is 6.65. The van der Waals surface area contributed by atoms with Crippen LogP contribution in [0.1, 0.15) is 25.0 Å². The molecule has 1 amide bonds. The van der Waals surface area contributed by atoms with Crippen LogP contribution < -0.4 is 10.3 Å². The minimum absolute atomic E-state index is 0.130. The van der Waals surface area contributed by atoms with Crippen LogP contribution in [0.4, 0.5) is 11.4 Å². The normalized spacial score (nSPS) is 12.7. The highest BCUT2D eigenvalue weighted by Gasteiger charge is 2.15. The second kappa shape index (κ2) is 9.37. The van der Waals surface area contributed by atoms with Crippen molar-refractivity contribution in [3.05, 3.63) is 59.7 Å². The number of hydrogen-bond acceptors (Lipinski definition) is 5. The van der Waals surface area contributed by atoms with Gasteiger partial charge >= 0.3 is 0 Å². The van der Waals surface area contributed by atoms with Gasteiger partial charge in [0.2, 0.25) is 5.91 Å². The summed E-state index contributed by atoms with van der Waals surface area (Å²) in [6, 6.07) is 16.2. The van der Waals surface area contributed by atoms with Crippen molar-refractivity contribution in [2.45, 2.75) is 20.3 Å². The maximum absolute atomic E-state index is 12.0. The lowest BCUT2D eigenvalue weighted by atomic mass is 10.2. The summed E-state index contributed by atoms with van der Waals surface area (Å²) in [7, 11) is 0. The van der Waals surface area contributed by atoms with Crippen molar-refractivity contribution in [2.24, 2.45) is 10.1 Å². The Balaban J connectivity index is 1.44. The molecule has 0 bridgehead atoms. The molecule has 0 aromatic heterocycles. The lowest BCUT2D eigenvalue weighted by Crippen LogP contribution is -2.21. The van der Waals surface area contributed by atoms with Crippen LogP contribution in [0.5, 0.6) is 0 Å². The number of amides is 1. The van der Waals surface area contributed by atoms with E-state index in [1.165, 1.54) is 23.0 Å². The highest BCUT2D eigenvalue weighted by Crippen LogP contribution is 2.29. The Morgan fingerprint density at radius 3 is 2.63 bits per heavy atom. The molecule has 0 aliphatic carbocycles. The number of nitrogens with one attached hydrogen (secondary N) is 1. The Morgan fingerprint density at radius 2 is 1.93 bits per heavy atom. The molecule has 0 saturated heterocycles. The van der Waals surface area contributed by atoms with E-state index in [1.807, 2.05) is 30.3 Å². The molecule has 1 N–H and O–H groups in total. The number of rotatable bonds is 7. The molecule has 1 aliphatic rings. The van der Waals surface area contributed by atoms with Crippen molar-refractivity contribution < 1.29 is 4.79 Å². The second-order valence-electron chi connectivity index (χ2n) is 6.16.